The van der Waals surface area contributed by atoms with Crippen molar-refractivity contribution in [3.8, 4) is 0 Å². The number of hydrogen-bond donors (Lipinski definition) is 2. The number of allylic oxidation sites excluding steroid dienone is 8. The van der Waals surface area contributed by atoms with Gasteiger partial charge in [0.05, 0.1) is 13.2 Å². The SMILES string of the molecule is CCCCC/C=C/C/C=C/C/C=C/CCCCC(=O)O[C@H](COC(=O)CCCCCCCCCCC/C=C/CCCCCC)COP(=O)(O)OCCN. The standard InChI is InChI=1S/C43H78NO8P/c1-3-5-7-9-11-13-15-17-19-20-22-23-25-27-29-31-33-35-42(45)49-39-41(40-51-53(47,48)50-38-37-44)52-43(46)36-34-32-30-28-26-24-21-18-16-14-12-10-8-6-4-2/h12-15,18,21,26,28,41H,3-11,16-17,19-20,22-25,27,29-40,44H2,1-2H3,(H,47,48)/b14-12+,15-13+,21-18+,28-26+/t41-/m1/s1. The highest BCUT2D eigenvalue weighted by Crippen LogP contribution is 2.43. The van der Waals surface area contributed by atoms with Crippen molar-refractivity contribution < 1.29 is 37.6 Å². The molecule has 53 heavy (non-hydrogen) atoms. The minimum Gasteiger partial charge on any atom is -0.462 e. The lowest BCUT2D eigenvalue weighted by Gasteiger charge is -2.19. The van der Waals surface area contributed by atoms with Crippen LogP contribution in [0.5, 0.6) is 0 Å². The fourth-order valence-electron chi connectivity index (χ4n) is 5.52. The van der Waals surface area contributed by atoms with Crippen LogP contribution in [-0.2, 0) is 32.7 Å². The molecule has 0 rings (SSSR count). The van der Waals surface area contributed by atoms with E-state index in [0.717, 1.165) is 51.4 Å². The molecule has 0 fully saturated rings. The largest absolute Gasteiger partial charge is 0.472 e. The zero-order chi connectivity index (χ0) is 38.9. The van der Waals surface area contributed by atoms with Crippen LogP contribution in [0, 0.1) is 0 Å². The normalized spacial score (nSPS) is 13.8. The van der Waals surface area contributed by atoms with Gasteiger partial charge < -0.3 is 20.1 Å². The van der Waals surface area contributed by atoms with E-state index in [-0.39, 0.29) is 32.6 Å². The van der Waals surface area contributed by atoms with Gasteiger partial charge in [0, 0.05) is 19.4 Å². The summed E-state index contributed by atoms with van der Waals surface area (Å²) in [5.74, 6) is -0.877. The number of esters is 2. The lowest BCUT2D eigenvalue weighted by Crippen LogP contribution is -2.29. The molecule has 0 aromatic rings. The maximum absolute atomic E-state index is 12.5. The van der Waals surface area contributed by atoms with Crippen molar-refractivity contribution in [2.24, 2.45) is 5.73 Å². The van der Waals surface area contributed by atoms with Crippen LogP contribution in [-0.4, -0.2) is 49.3 Å². The minimum atomic E-state index is -4.39. The number of ether oxygens (including phenoxy) is 2. The molecule has 1 unspecified atom stereocenters. The first-order chi connectivity index (χ1) is 25.8. The fourth-order valence-corrected chi connectivity index (χ4v) is 6.28. The van der Waals surface area contributed by atoms with Gasteiger partial charge in [0.25, 0.3) is 0 Å². The Morgan fingerprint density at radius 3 is 1.55 bits per heavy atom. The summed E-state index contributed by atoms with van der Waals surface area (Å²) in [6, 6.07) is 0. The smallest absolute Gasteiger partial charge is 0.462 e. The summed E-state index contributed by atoms with van der Waals surface area (Å²) in [6.07, 6.45) is 44.3. The third-order valence-electron chi connectivity index (χ3n) is 8.69. The summed E-state index contributed by atoms with van der Waals surface area (Å²) in [4.78, 5) is 34.8. The van der Waals surface area contributed by atoms with Gasteiger partial charge in [0.15, 0.2) is 6.10 Å². The summed E-state index contributed by atoms with van der Waals surface area (Å²) >= 11 is 0. The van der Waals surface area contributed by atoms with Gasteiger partial charge in [-0.15, -0.1) is 0 Å². The average Bonchev–Trinajstić information content (AvgIpc) is 3.14. The zero-order valence-corrected chi connectivity index (χ0v) is 34.6. The molecule has 0 amide bonds. The summed E-state index contributed by atoms with van der Waals surface area (Å²) in [5.41, 5.74) is 5.34. The molecular formula is C43H78NO8P. The second kappa shape index (κ2) is 39.7. The Hall–Kier alpha value is -2.03. The molecule has 2 atom stereocenters. The van der Waals surface area contributed by atoms with Gasteiger partial charge in [-0.25, -0.2) is 4.57 Å². The van der Waals surface area contributed by atoms with Crippen molar-refractivity contribution in [1.82, 2.24) is 0 Å². The van der Waals surface area contributed by atoms with E-state index >= 15 is 0 Å². The molecule has 0 aliphatic heterocycles. The second-order valence-corrected chi connectivity index (χ2v) is 15.3. The Balaban J connectivity index is 4.22. The number of hydrogen-bond acceptors (Lipinski definition) is 8. The van der Waals surface area contributed by atoms with Crippen LogP contribution >= 0.6 is 7.82 Å². The average molecular weight is 768 g/mol. The lowest BCUT2D eigenvalue weighted by molar-refractivity contribution is -0.161. The summed E-state index contributed by atoms with van der Waals surface area (Å²) in [5, 5.41) is 0. The van der Waals surface area contributed by atoms with Crippen molar-refractivity contribution in [1.29, 1.82) is 0 Å². The van der Waals surface area contributed by atoms with Crippen molar-refractivity contribution in [3.63, 3.8) is 0 Å². The number of rotatable bonds is 39. The van der Waals surface area contributed by atoms with Crippen LogP contribution in [0.3, 0.4) is 0 Å². The lowest BCUT2D eigenvalue weighted by atomic mass is 10.1. The molecule has 0 aromatic carbocycles. The topological polar surface area (TPSA) is 134 Å². The molecule has 308 valence electrons. The highest BCUT2D eigenvalue weighted by molar-refractivity contribution is 7.47. The van der Waals surface area contributed by atoms with Crippen LogP contribution in [0.15, 0.2) is 48.6 Å². The van der Waals surface area contributed by atoms with E-state index in [0.29, 0.717) is 6.42 Å². The molecule has 0 saturated carbocycles. The summed E-state index contributed by atoms with van der Waals surface area (Å²) < 4.78 is 32.7. The van der Waals surface area contributed by atoms with Crippen LogP contribution in [0.4, 0.5) is 0 Å². The van der Waals surface area contributed by atoms with E-state index in [1.54, 1.807) is 0 Å². The monoisotopic (exact) mass is 768 g/mol. The number of phosphoric acid groups is 1. The van der Waals surface area contributed by atoms with Crippen LogP contribution in [0.1, 0.15) is 181 Å². The van der Waals surface area contributed by atoms with Crippen molar-refractivity contribution in [2.45, 2.75) is 187 Å². The quantitative estimate of drug-likeness (QED) is 0.0271. The molecule has 0 heterocycles. The first-order valence-corrected chi connectivity index (χ1v) is 22.6. The predicted octanol–water partition coefficient (Wildman–Crippen LogP) is 11.9. The molecule has 0 radical (unpaired) electrons. The summed E-state index contributed by atoms with van der Waals surface area (Å²) in [6.45, 7) is 3.64. The minimum absolute atomic E-state index is 0.0457. The Bertz CT molecular complexity index is 1010. The molecule has 3 N–H and O–H groups in total. The van der Waals surface area contributed by atoms with Crippen molar-refractivity contribution in [3.05, 3.63) is 48.6 Å². The Morgan fingerprint density at radius 2 is 0.981 bits per heavy atom. The van der Waals surface area contributed by atoms with E-state index in [4.69, 9.17) is 24.3 Å². The van der Waals surface area contributed by atoms with Gasteiger partial charge in [-0.05, 0) is 77.0 Å². The first kappa shape index (κ1) is 51.0. The third kappa shape index (κ3) is 39.5. The molecular weight excluding hydrogens is 689 g/mol. The molecule has 0 aliphatic rings. The Kier molecular flexibility index (Phi) is 38.1. The van der Waals surface area contributed by atoms with Gasteiger partial charge >= 0.3 is 19.8 Å². The maximum atomic E-state index is 12.5. The van der Waals surface area contributed by atoms with Gasteiger partial charge in [-0.1, -0.05) is 140 Å². The van der Waals surface area contributed by atoms with E-state index < -0.39 is 32.5 Å². The van der Waals surface area contributed by atoms with E-state index in [1.807, 2.05) is 0 Å². The third-order valence-corrected chi connectivity index (χ3v) is 9.67. The zero-order valence-electron chi connectivity index (χ0n) is 33.7. The molecule has 0 bridgehead atoms. The van der Waals surface area contributed by atoms with Crippen LogP contribution in [0.25, 0.3) is 0 Å². The Morgan fingerprint density at radius 1 is 0.566 bits per heavy atom. The number of nitrogens with two attached hydrogens (primary N) is 1. The van der Waals surface area contributed by atoms with E-state index in [2.05, 4.69) is 62.5 Å². The van der Waals surface area contributed by atoms with Crippen molar-refractivity contribution in [2.75, 3.05) is 26.4 Å². The van der Waals surface area contributed by atoms with Gasteiger partial charge in [0.2, 0.25) is 0 Å². The number of carbonyl (C=O) groups excluding carboxylic acids is 2. The molecule has 9 nitrogen and oxygen atoms in total. The van der Waals surface area contributed by atoms with Crippen LogP contribution < -0.4 is 5.73 Å². The molecule has 0 spiro atoms. The summed E-state index contributed by atoms with van der Waals surface area (Å²) in [7, 11) is -4.39. The highest BCUT2D eigenvalue weighted by atomic mass is 31.2. The number of phosphoric ester groups is 1. The van der Waals surface area contributed by atoms with Gasteiger partial charge in [-0.3, -0.25) is 18.6 Å². The fraction of sp³-hybridized carbons (Fsp3) is 0.767. The van der Waals surface area contributed by atoms with Gasteiger partial charge in [-0.2, -0.15) is 0 Å². The molecule has 0 saturated heterocycles. The Labute approximate surface area is 324 Å². The van der Waals surface area contributed by atoms with E-state index in [1.165, 1.54) is 96.3 Å². The number of unbranched alkanes of at least 4 members (excludes halogenated alkanes) is 18. The maximum Gasteiger partial charge on any atom is 0.472 e. The second-order valence-electron chi connectivity index (χ2n) is 13.8. The first-order valence-electron chi connectivity index (χ1n) is 21.1. The van der Waals surface area contributed by atoms with E-state index in [9.17, 15) is 19.0 Å². The molecule has 10 heteroatoms. The molecule has 0 aromatic heterocycles. The predicted molar refractivity (Wildman–Crippen MR) is 220 cm³/mol. The van der Waals surface area contributed by atoms with Crippen LogP contribution in [0.2, 0.25) is 0 Å². The number of carbonyl (C=O) groups is 2. The molecule has 0 aliphatic carbocycles. The van der Waals surface area contributed by atoms with Gasteiger partial charge in [0.1, 0.15) is 6.61 Å². The highest BCUT2D eigenvalue weighted by Gasteiger charge is 2.25. The van der Waals surface area contributed by atoms with Crippen molar-refractivity contribution >= 4 is 19.8 Å².